The van der Waals surface area contributed by atoms with Crippen molar-refractivity contribution in [3.63, 3.8) is 0 Å². The molecule has 4 unspecified atom stereocenters. The highest BCUT2D eigenvalue weighted by Crippen LogP contribution is 2.06. The van der Waals surface area contributed by atoms with Crippen LogP contribution in [0.5, 0.6) is 0 Å². The summed E-state index contributed by atoms with van der Waals surface area (Å²) in [5.41, 5.74) is 6.14. The van der Waals surface area contributed by atoms with E-state index in [-0.39, 0.29) is 6.42 Å². The number of carboxylic acid groups (broad SMARTS) is 3. The smallest absolute Gasteiger partial charge is 0.325 e. The third-order valence-electron chi connectivity index (χ3n) is 4.39. The number of carbonyl (C=O) groups is 6. The van der Waals surface area contributed by atoms with Crippen LogP contribution in [0.3, 0.4) is 0 Å². The van der Waals surface area contributed by atoms with Crippen molar-refractivity contribution in [2.75, 3.05) is 0 Å². The first-order chi connectivity index (χ1) is 15.4. The highest BCUT2D eigenvalue weighted by Gasteiger charge is 2.31. The van der Waals surface area contributed by atoms with E-state index in [1.165, 1.54) is 0 Å². The number of amides is 3. The number of benzene rings is 1. The Labute approximate surface area is 188 Å². The van der Waals surface area contributed by atoms with Gasteiger partial charge in [0.25, 0.3) is 0 Å². The van der Waals surface area contributed by atoms with E-state index in [0.717, 1.165) is 6.92 Å². The van der Waals surface area contributed by atoms with Crippen molar-refractivity contribution in [1.82, 2.24) is 16.0 Å². The Morgan fingerprint density at radius 1 is 0.788 bits per heavy atom. The van der Waals surface area contributed by atoms with Crippen LogP contribution in [-0.2, 0) is 35.2 Å². The molecule has 0 spiro atoms. The van der Waals surface area contributed by atoms with E-state index in [9.17, 15) is 28.8 Å². The monoisotopic (exact) mass is 466 g/mol. The summed E-state index contributed by atoms with van der Waals surface area (Å²) < 4.78 is 0. The van der Waals surface area contributed by atoms with Crippen molar-refractivity contribution >= 4 is 35.6 Å². The first-order valence-electron chi connectivity index (χ1n) is 9.77. The van der Waals surface area contributed by atoms with Crippen molar-refractivity contribution < 1.29 is 44.1 Å². The maximum absolute atomic E-state index is 12.9. The number of aliphatic carboxylic acids is 3. The Morgan fingerprint density at radius 3 is 1.82 bits per heavy atom. The lowest BCUT2D eigenvalue weighted by molar-refractivity contribution is -0.143. The lowest BCUT2D eigenvalue weighted by atomic mass is 10.0. The summed E-state index contributed by atoms with van der Waals surface area (Å²) in [5, 5.41) is 33.4. The average molecular weight is 466 g/mol. The van der Waals surface area contributed by atoms with E-state index in [1.807, 2.05) is 0 Å². The minimum atomic E-state index is -1.64. The van der Waals surface area contributed by atoms with Gasteiger partial charge in [-0.15, -0.1) is 0 Å². The molecule has 33 heavy (non-hydrogen) atoms. The molecule has 0 aromatic heterocycles. The second-order valence-corrected chi connectivity index (χ2v) is 7.18. The topological polar surface area (TPSA) is 225 Å². The normalized spacial score (nSPS) is 14.1. The summed E-state index contributed by atoms with van der Waals surface area (Å²) in [5.74, 6) is -7.07. The SMILES string of the molecule is CC(NC(=O)C(CC(=O)O)NC(=O)C(Cc1ccccc1)NC(=O)C(N)CC(=O)O)C(=O)O. The van der Waals surface area contributed by atoms with Crippen LogP contribution in [0.1, 0.15) is 25.3 Å². The summed E-state index contributed by atoms with van der Waals surface area (Å²) in [6.45, 7) is 1.15. The molecule has 0 bridgehead atoms. The van der Waals surface area contributed by atoms with Crippen molar-refractivity contribution in [2.24, 2.45) is 5.73 Å². The third kappa shape index (κ3) is 9.78. The van der Waals surface area contributed by atoms with E-state index in [0.29, 0.717) is 5.56 Å². The second kappa shape index (κ2) is 12.8. The fourth-order valence-corrected chi connectivity index (χ4v) is 2.65. The Hall–Kier alpha value is -4.00. The number of rotatable bonds is 13. The van der Waals surface area contributed by atoms with Crippen LogP contribution in [-0.4, -0.2) is 75.1 Å². The maximum Gasteiger partial charge on any atom is 0.325 e. The minimum absolute atomic E-state index is 0.0782. The van der Waals surface area contributed by atoms with E-state index in [1.54, 1.807) is 30.3 Å². The molecule has 0 aliphatic rings. The van der Waals surface area contributed by atoms with Crippen molar-refractivity contribution in [3.05, 3.63) is 35.9 Å². The Kier molecular flexibility index (Phi) is 10.5. The summed E-state index contributed by atoms with van der Waals surface area (Å²) in [6.07, 6.45) is -1.62. The van der Waals surface area contributed by atoms with Gasteiger partial charge in [-0.25, -0.2) is 0 Å². The van der Waals surface area contributed by atoms with Gasteiger partial charge in [0.15, 0.2) is 0 Å². The van der Waals surface area contributed by atoms with Crippen LogP contribution in [0.15, 0.2) is 30.3 Å². The van der Waals surface area contributed by atoms with Crippen LogP contribution in [0.4, 0.5) is 0 Å². The third-order valence-corrected chi connectivity index (χ3v) is 4.39. The van der Waals surface area contributed by atoms with E-state index < -0.39 is 72.6 Å². The molecule has 0 saturated heterocycles. The van der Waals surface area contributed by atoms with Gasteiger partial charge in [-0.2, -0.15) is 0 Å². The number of carbonyl (C=O) groups excluding carboxylic acids is 3. The molecule has 3 amide bonds. The molecule has 13 heteroatoms. The van der Waals surface area contributed by atoms with Crippen LogP contribution >= 0.6 is 0 Å². The fraction of sp³-hybridized carbons (Fsp3) is 0.400. The minimum Gasteiger partial charge on any atom is -0.481 e. The lowest BCUT2D eigenvalue weighted by Gasteiger charge is -2.24. The molecule has 0 aliphatic carbocycles. The zero-order valence-electron chi connectivity index (χ0n) is 17.7. The highest BCUT2D eigenvalue weighted by atomic mass is 16.4. The largest absolute Gasteiger partial charge is 0.481 e. The van der Waals surface area contributed by atoms with E-state index in [2.05, 4.69) is 16.0 Å². The van der Waals surface area contributed by atoms with Crippen LogP contribution in [0.2, 0.25) is 0 Å². The molecular formula is C20H26N4O9. The number of hydrogen-bond acceptors (Lipinski definition) is 7. The molecule has 8 N–H and O–H groups in total. The van der Waals surface area contributed by atoms with Gasteiger partial charge in [0.05, 0.1) is 18.9 Å². The molecule has 1 rings (SSSR count). The summed E-state index contributed by atoms with van der Waals surface area (Å²) in [6, 6.07) is 2.60. The lowest BCUT2D eigenvalue weighted by Crippen LogP contribution is -2.57. The van der Waals surface area contributed by atoms with E-state index >= 15 is 0 Å². The average Bonchev–Trinajstić information content (AvgIpc) is 2.72. The van der Waals surface area contributed by atoms with Crippen molar-refractivity contribution in [1.29, 1.82) is 0 Å². The highest BCUT2D eigenvalue weighted by molar-refractivity contribution is 5.96. The van der Waals surface area contributed by atoms with Gasteiger partial charge >= 0.3 is 17.9 Å². The van der Waals surface area contributed by atoms with Gasteiger partial charge in [0.1, 0.15) is 18.1 Å². The molecule has 0 heterocycles. The Bertz CT molecular complexity index is 891. The summed E-state index contributed by atoms with van der Waals surface area (Å²) in [4.78, 5) is 70.4. The number of nitrogens with one attached hydrogen (secondary N) is 3. The van der Waals surface area contributed by atoms with E-state index in [4.69, 9.17) is 21.1 Å². The zero-order chi connectivity index (χ0) is 25.1. The van der Waals surface area contributed by atoms with Crippen LogP contribution < -0.4 is 21.7 Å². The summed E-state index contributed by atoms with van der Waals surface area (Å²) in [7, 11) is 0. The van der Waals surface area contributed by atoms with Gasteiger partial charge in [0.2, 0.25) is 17.7 Å². The maximum atomic E-state index is 12.9. The Balaban J connectivity index is 3.07. The van der Waals surface area contributed by atoms with Crippen molar-refractivity contribution in [2.45, 2.75) is 50.4 Å². The quantitative estimate of drug-likeness (QED) is 0.170. The van der Waals surface area contributed by atoms with Crippen LogP contribution in [0.25, 0.3) is 0 Å². The standard InChI is InChI=1S/C20H26N4O9/c1-10(20(32)33)22-18(30)14(9-16(27)28)24-19(31)13(7-11-5-3-2-4-6-11)23-17(29)12(21)8-15(25)26/h2-6,10,12-14H,7-9,21H2,1H3,(H,22,30)(H,23,29)(H,24,31)(H,25,26)(H,27,28)(H,32,33). The number of carboxylic acids is 3. The molecular weight excluding hydrogens is 440 g/mol. The van der Waals surface area contributed by atoms with Crippen molar-refractivity contribution in [3.8, 4) is 0 Å². The molecule has 1 aromatic rings. The molecule has 0 radical (unpaired) electrons. The predicted molar refractivity (Wildman–Crippen MR) is 112 cm³/mol. The summed E-state index contributed by atoms with van der Waals surface area (Å²) >= 11 is 0. The molecule has 4 atom stereocenters. The van der Waals surface area contributed by atoms with Gasteiger partial charge in [-0.05, 0) is 12.5 Å². The van der Waals surface area contributed by atoms with Gasteiger partial charge < -0.3 is 37.0 Å². The Morgan fingerprint density at radius 2 is 1.30 bits per heavy atom. The second-order valence-electron chi connectivity index (χ2n) is 7.18. The van der Waals surface area contributed by atoms with Crippen LogP contribution in [0, 0.1) is 0 Å². The molecule has 1 aromatic carbocycles. The number of nitrogens with two attached hydrogens (primary N) is 1. The number of hydrogen-bond donors (Lipinski definition) is 7. The predicted octanol–water partition coefficient (Wildman–Crippen LogP) is -1.94. The molecule has 13 nitrogen and oxygen atoms in total. The first kappa shape index (κ1) is 27.0. The first-order valence-corrected chi connectivity index (χ1v) is 9.77. The molecule has 180 valence electrons. The molecule has 0 saturated carbocycles. The van der Waals surface area contributed by atoms with Gasteiger partial charge in [0, 0.05) is 6.42 Å². The fourth-order valence-electron chi connectivity index (χ4n) is 2.65. The van der Waals surface area contributed by atoms with Gasteiger partial charge in [-0.1, -0.05) is 30.3 Å². The zero-order valence-corrected chi connectivity index (χ0v) is 17.7. The van der Waals surface area contributed by atoms with Gasteiger partial charge in [-0.3, -0.25) is 28.8 Å². The molecule has 0 aliphatic heterocycles. The molecule has 0 fully saturated rings.